The van der Waals surface area contributed by atoms with E-state index >= 15 is 0 Å². The lowest BCUT2D eigenvalue weighted by molar-refractivity contribution is 0.0959. The number of benzene rings is 3. The molecule has 0 aliphatic carbocycles. The summed E-state index contributed by atoms with van der Waals surface area (Å²) in [5.41, 5.74) is -0.599. The Kier molecular flexibility index (Phi) is 6.34. The van der Waals surface area contributed by atoms with Gasteiger partial charge in [0.05, 0.1) is 0 Å². The molecule has 0 aliphatic rings. The lowest BCUT2D eigenvalue weighted by Gasteiger charge is -2.28. The molecule has 29 heavy (non-hydrogen) atoms. The van der Waals surface area contributed by atoms with Gasteiger partial charge in [-0.15, -0.1) is 0 Å². The molecule has 0 radical (unpaired) electrons. The monoisotopic (exact) mass is 406 g/mol. The third-order valence-corrected chi connectivity index (χ3v) is 6.47. The Morgan fingerprint density at radius 2 is 0.966 bits per heavy atom. The van der Waals surface area contributed by atoms with E-state index in [1.165, 1.54) is 15.9 Å². The minimum Gasteiger partial charge on any atom is -0.484 e. The van der Waals surface area contributed by atoms with Crippen LogP contribution in [0.3, 0.4) is 0 Å². The van der Waals surface area contributed by atoms with Crippen LogP contribution in [0.5, 0.6) is 11.5 Å². The fourth-order valence-corrected chi connectivity index (χ4v) is 5.37. The number of ether oxygens (including phenoxy) is 2. The van der Waals surface area contributed by atoms with Gasteiger partial charge in [0.1, 0.15) is 11.2 Å². The van der Waals surface area contributed by atoms with Gasteiger partial charge in [-0.2, -0.15) is 0 Å². The topological polar surface area (TPSA) is 18.5 Å². The molecule has 0 amide bonds. The van der Waals surface area contributed by atoms with Gasteiger partial charge in [-0.25, -0.2) is 0 Å². The van der Waals surface area contributed by atoms with Gasteiger partial charge in [0.15, 0.2) is 11.5 Å². The molecule has 0 N–H and O–H groups in total. The first kappa shape index (κ1) is 21.4. The molecule has 3 heteroatoms. The average Bonchev–Trinajstić information content (AvgIpc) is 2.64. The maximum Gasteiger partial charge on any atom is 0.162 e. The summed E-state index contributed by atoms with van der Waals surface area (Å²) in [6, 6.07) is 27.8. The van der Waals surface area contributed by atoms with Crippen molar-refractivity contribution in [3.8, 4) is 11.5 Å². The van der Waals surface area contributed by atoms with Crippen molar-refractivity contribution < 1.29 is 9.47 Å². The molecule has 0 atom stereocenters. The lowest BCUT2D eigenvalue weighted by atomic mass is 10.1. The first-order valence-corrected chi connectivity index (χ1v) is 11.4. The lowest BCUT2D eigenvalue weighted by Crippen LogP contribution is -2.28. The van der Waals surface area contributed by atoms with Crippen molar-refractivity contribution in [2.24, 2.45) is 0 Å². The van der Waals surface area contributed by atoms with Gasteiger partial charge < -0.3 is 9.47 Å². The summed E-state index contributed by atoms with van der Waals surface area (Å²) >= 11 is 0. The third-order valence-electron chi connectivity index (χ3n) is 4.05. The SMILES string of the molecule is CC(C)(C)Oc1ccc(P(c2ccccc2)c2ccccc2)cc1OC(C)(C)C. The van der Waals surface area contributed by atoms with Gasteiger partial charge in [0, 0.05) is 0 Å². The molecule has 0 aromatic heterocycles. The van der Waals surface area contributed by atoms with Crippen LogP contribution in [0.15, 0.2) is 78.9 Å². The first-order valence-electron chi connectivity index (χ1n) is 10.0. The molecule has 152 valence electrons. The molecule has 0 bridgehead atoms. The molecular formula is C26H31O2P. The molecule has 0 spiro atoms. The predicted molar refractivity (Wildman–Crippen MR) is 126 cm³/mol. The smallest absolute Gasteiger partial charge is 0.162 e. The summed E-state index contributed by atoms with van der Waals surface area (Å²) in [5, 5.41) is 3.89. The van der Waals surface area contributed by atoms with Crippen LogP contribution in [0.25, 0.3) is 0 Å². The zero-order valence-electron chi connectivity index (χ0n) is 18.3. The van der Waals surface area contributed by atoms with E-state index in [9.17, 15) is 0 Å². The highest BCUT2D eigenvalue weighted by atomic mass is 31.1. The highest BCUT2D eigenvalue weighted by Gasteiger charge is 2.23. The van der Waals surface area contributed by atoms with Crippen molar-refractivity contribution in [1.29, 1.82) is 0 Å². The second-order valence-corrected chi connectivity index (χ2v) is 11.3. The number of hydrogen-bond acceptors (Lipinski definition) is 2. The van der Waals surface area contributed by atoms with Gasteiger partial charge in [-0.1, -0.05) is 60.7 Å². The van der Waals surface area contributed by atoms with E-state index in [0.29, 0.717) is 0 Å². The van der Waals surface area contributed by atoms with Crippen LogP contribution >= 0.6 is 7.92 Å². The minimum absolute atomic E-state index is 0.291. The van der Waals surface area contributed by atoms with Gasteiger partial charge in [-0.05, 0) is 83.6 Å². The Hall–Kier alpha value is -2.31. The van der Waals surface area contributed by atoms with Crippen molar-refractivity contribution in [3.05, 3.63) is 78.9 Å². The molecule has 3 aromatic rings. The maximum absolute atomic E-state index is 6.33. The van der Waals surface area contributed by atoms with Crippen molar-refractivity contribution >= 4 is 23.8 Å². The zero-order chi connectivity index (χ0) is 21.1. The molecular weight excluding hydrogens is 375 g/mol. The summed E-state index contributed by atoms with van der Waals surface area (Å²) in [7, 11) is -0.685. The quantitative estimate of drug-likeness (QED) is 0.499. The van der Waals surface area contributed by atoms with Crippen LogP contribution in [-0.2, 0) is 0 Å². The minimum atomic E-state index is -0.685. The summed E-state index contributed by atoms with van der Waals surface area (Å²) in [6.45, 7) is 12.4. The second-order valence-electron chi connectivity index (χ2n) is 9.07. The Labute approximate surface area is 176 Å². The Bertz CT molecular complexity index is 883. The molecule has 0 heterocycles. The van der Waals surface area contributed by atoms with Gasteiger partial charge in [0.25, 0.3) is 0 Å². The molecule has 0 aliphatic heterocycles. The van der Waals surface area contributed by atoms with E-state index in [1.807, 2.05) is 0 Å². The largest absolute Gasteiger partial charge is 0.484 e. The number of rotatable bonds is 5. The first-order chi connectivity index (χ1) is 13.6. The van der Waals surface area contributed by atoms with Crippen molar-refractivity contribution in [3.63, 3.8) is 0 Å². The van der Waals surface area contributed by atoms with Crippen LogP contribution in [-0.4, -0.2) is 11.2 Å². The van der Waals surface area contributed by atoms with Crippen molar-refractivity contribution in [1.82, 2.24) is 0 Å². The molecule has 0 saturated heterocycles. The Morgan fingerprint density at radius 3 is 1.41 bits per heavy atom. The van der Waals surface area contributed by atoms with Crippen molar-refractivity contribution in [2.45, 2.75) is 52.7 Å². The zero-order valence-corrected chi connectivity index (χ0v) is 19.2. The highest BCUT2D eigenvalue weighted by molar-refractivity contribution is 7.79. The van der Waals surface area contributed by atoms with Crippen LogP contribution in [0.2, 0.25) is 0 Å². The average molecular weight is 407 g/mol. The molecule has 0 saturated carbocycles. The van der Waals surface area contributed by atoms with E-state index in [1.54, 1.807) is 0 Å². The van der Waals surface area contributed by atoms with E-state index in [2.05, 4.69) is 120 Å². The van der Waals surface area contributed by atoms with Gasteiger partial charge in [-0.3, -0.25) is 0 Å². The van der Waals surface area contributed by atoms with Crippen LogP contribution in [0, 0.1) is 0 Å². The molecule has 0 fully saturated rings. The third kappa shape index (κ3) is 6.08. The number of hydrogen-bond donors (Lipinski definition) is 0. The fourth-order valence-electron chi connectivity index (χ4n) is 3.06. The summed E-state index contributed by atoms with van der Waals surface area (Å²) in [6.07, 6.45) is 0. The fraction of sp³-hybridized carbons (Fsp3) is 0.308. The van der Waals surface area contributed by atoms with E-state index in [0.717, 1.165) is 11.5 Å². The predicted octanol–water partition coefficient (Wildman–Crippen LogP) is 5.80. The Balaban J connectivity index is 2.12. The van der Waals surface area contributed by atoms with E-state index < -0.39 is 7.92 Å². The maximum atomic E-state index is 6.33. The van der Waals surface area contributed by atoms with E-state index in [4.69, 9.17) is 9.47 Å². The second kappa shape index (κ2) is 8.59. The normalized spacial score (nSPS) is 12.1. The van der Waals surface area contributed by atoms with Crippen molar-refractivity contribution in [2.75, 3.05) is 0 Å². The van der Waals surface area contributed by atoms with Gasteiger partial charge >= 0.3 is 0 Å². The highest BCUT2D eigenvalue weighted by Crippen LogP contribution is 2.38. The Morgan fingerprint density at radius 1 is 0.517 bits per heavy atom. The van der Waals surface area contributed by atoms with Gasteiger partial charge in [0.2, 0.25) is 0 Å². The van der Waals surface area contributed by atoms with Crippen LogP contribution in [0.4, 0.5) is 0 Å². The summed E-state index contributed by atoms with van der Waals surface area (Å²) in [5.74, 6) is 1.58. The molecule has 3 rings (SSSR count). The molecule has 2 nitrogen and oxygen atoms in total. The summed E-state index contributed by atoms with van der Waals surface area (Å²) in [4.78, 5) is 0. The van der Waals surface area contributed by atoms with Crippen LogP contribution in [0.1, 0.15) is 41.5 Å². The summed E-state index contributed by atoms with van der Waals surface area (Å²) < 4.78 is 12.5. The molecule has 3 aromatic carbocycles. The van der Waals surface area contributed by atoms with Crippen LogP contribution < -0.4 is 25.4 Å². The van der Waals surface area contributed by atoms with E-state index in [-0.39, 0.29) is 11.2 Å². The standard InChI is InChI=1S/C26H31O2P/c1-25(2,3)27-23-18-17-22(19-24(23)28-26(4,5)6)29(20-13-9-7-10-14-20)21-15-11-8-12-16-21/h7-19H,1-6H3. The molecule has 0 unspecified atom stereocenters.